The van der Waals surface area contributed by atoms with Crippen molar-refractivity contribution < 1.29 is 14.3 Å². The molecule has 0 saturated carbocycles. The highest BCUT2D eigenvalue weighted by Crippen LogP contribution is 2.30. The standard InChI is InChI=1S/C17H20N2O3S/c1-21-14-8-7-11(9-15(14)22-2)13(20)10-18-17-19-12-5-3-4-6-16(12)23-17/h7-9H,3-6,10H2,1-2H3,(H,18,19). The number of fused-ring (bicyclic) bond motifs is 1. The third kappa shape index (κ3) is 3.47. The number of aryl methyl sites for hydroxylation is 2. The molecule has 2 aromatic rings. The summed E-state index contributed by atoms with van der Waals surface area (Å²) in [6.07, 6.45) is 4.61. The van der Waals surface area contributed by atoms with Gasteiger partial charge in [-0.2, -0.15) is 0 Å². The molecule has 0 saturated heterocycles. The van der Waals surface area contributed by atoms with Crippen molar-refractivity contribution in [3.05, 3.63) is 34.3 Å². The molecule has 1 aliphatic carbocycles. The minimum absolute atomic E-state index is 0.000810. The van der Waals surface area contributed by atoms with E-state index in [1.807, 2.05) is 0 Å². The van der Waals surface area contributed by atoms with Crippen LogP contribution in [0.1, 0.15) is 33.8 Å². The predicted octanol–water partition coefficient (Wildman–Crippen LogP) is 3.33. The number of hydrogen-bond acceptors (Lipinski definition) is 6. The van der Waals surface area contributed by atoms with Gasteiger partial charge in [-0.05, 0) is 43.9 Å². The number of rotatable bonds is 6. The number of nitrogens with one attached hydrogen (secondary N) is 1. The highest BCUT2D eigenvalue weighted by Gasteiger charge is 2.16. The van der Waals surface area contributed by atoms with Gasteiger partial charge in [0.05, 0.1) is 26.5 Å². The van der Waals surface area contributed by atoms with E-state index in [-0.39, 0.29) is 12.3 Å². The van der Waals surface area contributed by atoms with E-state index < -0.39 is 0 Å². The van der Waals surface area contributed by atoms with Crippen LogP contribution in [0.2, 0.25) is 0 Å². The van der Waals surface area contributed by atoms with Crippen LogP contribution in [0.4, 0.5) is 5.13 Å². The van der Waals surface area contributed by atoms with Gasteiger partial charge in [-0.1, -0.05) is 0 Å². The summed E-state index contributed by atoms with van der Waals surface area (Å²) in [7, 11) is 3.13. The average Bonchev–Trinajstić information content (AvgIpc) is 3.01. The predicted molar refractivity (Wildman–Crippen MR) is 91.1 cm³/mol. The summed E-state index contributed by atoms with van der Waals surface area (Å²) in [6, 6.07) is 5.20. The fraction of sp³-hybridized carbons (Fsp3) is 0.412. The van der Waals surface area contributed by atoms with Crippen molar-refractivity contribution in [3.8, 4) is 11.5 Å². The molecule has 0 amide bonds. The molecule has 0 radical (unpaired) electrons. The Hall–Kier alpha value is -2.08. The molecule has 0 bridgehead atoms. The van der Waals surface area contributed by atoms with Crippen LogP contribution in [0.3, 0.4) is 0 Å². The number of nitrogens with zero attached hydrogens (tertiary/aromatic N) is 1. The normalized spacial score (nSPS) is 13.3. The van der Waals surface area contributed by atoms with Crippen molar-refractivity contribution in [2.45, 2.75) is 25.7 Å². The van der Waals surface area contributed by atoms with E-state index in [1.165, 1.54) is 23.4 Å². The fourth-order valence-corrected chi connectivity index (χ4v) is 3.74. The highest BCUT2D eigenvalue weighted by atomic mass is 32.1. The van der Waals surface area contributed by atoms with Crippen LogP contribution in [0, 0.1) is 0 Å². The van der Waals surface area contributed by atoms with Crippen molar-refractivity contribution in [1.82, 2.24) is 4.98 Å². The molecule has 0 fully saturated rings. The number of aromatic nitrogens is 1. The van der Waals surface area contributed by atoms with E-state index in [2.05, 4.69) is 10.3 Å². The first-order valence-electron chi connectivity index (χ1n) is 7.69. The Balaban J connectivity index is 1.66. The summed E-state index contributed by atoms with van der Waals surface area (Å²) in [4.78, 5) is 18.3. The zero-order valence-corrected chi connectivity index (χ0v) is 14.2. The Labute approximate surface area is 139 Å². The summed E-state index contributed by atoms with van der Waals surface area (Å²) in [5.74, 6) is 1.17. The van der Waals surface area contributed by atoms with Gasteiger partial charge in [0.25, 0.3) is 0 Å². The molecule has 23 heavy (non-hydrogen) atoms. The van der Waals surface area contributed by atoms with Crippen LogP contribution < -0.4 is 14.8 Å². The highest BCUT2D eigenvalue weighted by molar-refractivity contribution is 7.15. The lowest BCUT2D eigenvalue weighted by molar-refractivity contribution is 0.101. The van der Waals surface area contributed by atoms with Crippen molar-refractivity contribution >= 4 is 22.3 Å². The Kier molecular flexibility index (Phi) is 4.81. The second-order valence-electron chi connectivity index (χ2n) is 5.44. The van der Waals surface area contributed by atoms with E-state index >= 15 is 0 Å². The van der Waals surface area contributed by atoms with Gasteiger partial charge in [0.1, 0.15) is 0 Å². The first-order valence-corrected chi connectivity index (χ1v) is 8.50. The second-order valence-corrected chi connectivity index (χ2v) is 6.53. The first kappa shape index (κ1) is 15.8. The quantitative estimate of drug-likeness (QED) is 0.822. The first-order chi connectivity index (χ1) is 11.2. The van der Waals surface area contributed by atoms with Crippen LogP contribution in [-0.2, 0) is 12.8 Å². The summed E-state index contributed by atoms with van der Waals surface area (Å²) < 4.78 is 10.4. The molecule has 3 rings (SSSR count). The maximum absolute atomic E-state index is 12.3. The van der Waals surface area contributed by atoms with E-state index in [0.717, 1.165) is 18.0 Å². The number of hydrogen-bond donors (Lipinski definition) is 1. The summed E-state index contributed by atoms with van der Waals surface area (Å²) in [5.41, 5.74) is 1.79. The van der Waals surface area contributed by atoms with Crippen molar-refractivity contribution in [1.29, 1.82) is 0 Å². The smallest absolute Gasteiger partial charge is 0.183 e. The Bertz CT molecular complexity index is 688. The molecule has 0 unspecified atom stereocenters. The number of thiazole rings is 1. The maximum Gasteiger partial charge on any atom is 0.183 e. The van der Waals surface area contributed by atoms with Crippen LogP contribution in [-0.4, -0.2) is 31.5 Å². The number of ether oxygens (including phenoxy) is 2. The van der Waals surface area contributed by atoms with Gasteiger partial charge in [-0.3, -0.25) is 4.79 Å². The molecular weight excluding hydrogens is 312 g/mol. The van der Waals surface area contributed by atoms with Crippen LogP contribution in [0.25, 0.3) is 0 Å². The Morgan fingerprint density at radius 3 is 2.74 bits per heavy atom. The average molecular weight is 332 g/mol. The van der Waals surface area contributed by atoms with Crippen molar-refractivity contribution in [3.63, 3.8) is 0 Å². The lowest BCUT2D eigenvalue weighted by atomic mass is 10.0. The van der Waals surface area contributed by atoms with Crippen molar-refractivity contribution in [2.75, 3.05) is 26.1 Å². The number of anilines is 1. The van der Waals surface area contributed by atoms with Gasteiger partial charge < -0.3 is 14.8 Å². The zero-order chi connectivity index (χ0) is 16.2. The van der Waals surface area contributed by atoms with E-state index in [4.69, 9.17) is 9.47 Å². The number of benzene rings is 1. The number of carbonyl (C=O) groups excluding carboxylic acids is 1. The lowest BCUT2D eigenvalue weighted by Crippen LogP contribution is -2.14. The maximum atomic E-state index is 12.3. The van der Waals surface area contributed by atoms with E-state index in [9.17, 15) is 4.79 Å². The van der Waals surface area contributed by atoms with E-state index in [0.29, 0.717) is 17.1 Å². The number of methoxy groups -OCH3 is 2. The van der Waals surface area contributed by atoms with Crippen LogP contribution in [0.15, 0.2) is 18.2 Å². The van der Waals surface area contributed by atoms with Gasteiger partial charge in [0.15, 0.2) is 22.4 Å². The van der Waals surface area contributed by atoms with Gasteiger partial charge in [-0.15, -0.1) is 11.3 Å². The molecule has 1 aromatic carbocycles. The largest absolute Gasteiger partial charge is 0.493 e. The van der Waals surface area contributed by atoms with E-state index in [1.54, 1.807) is 43.8 Å². The molecule has 0 atom stereocenters. The number of Topliss-reactive ketones (excluding diaryl/α,β-unsaturated/α-hetero) is 1. The molecule has 1 aromatic heterocycles. The molecule has 1 N–H and O–H groups in total. The third-order valence-electron chi connectivity index (χ3n) is 3.95. The molecule has 0 aliphatic heterocycles. The third-order valence-corrected chi connectivity index (χ3v) is 5.07. The molecule has 1 heterocycles. The molecule has 0 spiro atoms. The molecular formula is C17H20N2O3S. The van der Waals surface area contributed by atoms with Crippen LogP contribution >= 0.6 is 11.3 Å². The minimum atomic E-state index is -0.000810. The van der Waals surface area contributed by atoms with Gasteiger partial charge >= 0.3 is 0 Å². The Morgan fingerprint density at radius 1 is 1.22 bits per heavy atom. The Morgan fingerprint density at radius 2 is 2.00 bits per heavy atom. The summed E-state index contributed by atoms with van der Waals surface area (Å²) >= 11 is 1.67. The fourth-order valence-electron chi connectivity index (χ4n) is 2.70. The number of carbonyl (C=O) groups is 1. The van der Waals surface area contributed by atoms with Crippen molar-refractivity contribution in [2.24, 2.45) is 0 Å². The minimum Gasteiger partial charge on any atom is -0.493 e. The monoisotopic (exact) mass is 332 g/mol. The topological polar surface area (TPSA) is 60.5 Å². The van der Waals surface area contributed by atoms with Gasteiger partial charge in [0.2, 0.25) is 0 Å². The molecule has 1 aliphatic rings. The second kappa shape index (κ2) is 7.00. The number of ketones is 1. The van der Waals surface area contributed by atoms with Gasteiger partial charge in [0, 0.05) is 10.4 Å². The lowest BCUT2D eigenvalue weighted by Gasteiger charge is -2.09. The molecule has 6 heteroatoms. The summed E-state index contributed by atoms with van der Waals surface area (Å²) in [6.45, 7) is 0.224. The van der Waals surface area contributed by atoms with Gasteiger partial charge in [-0.25, -0.2) is 4.98 Å². The zero-order valence-electron chi connectivity index (χ0n) is 13.3. The summed E-state index contributed by atoms with van der Waals surface area (Å²) in [5, 5.41) is 3.99. The molecule has 5 nitrogen and oxygen atoms in total. The SMILES string of the molecule is COc1ccc(C(=O)CNc2nc3c(s2)CCCC3)cc1OC. The van der Waals surface area contributed by atoms with Crippen LogP contribution in [0.5, 0.6) is 11.5 Å². The molecule has 122 valence electrons.